The summed E-state index contributed by atoms with van der Waals surface area (Å²) < 4.78 is 9.54. The van der Waals surface area contributed by atoms with Gasteiger partial charge in [-0.1, -0.05) is 31.0 Å². The third-order valence-electron chi connectivity index (χ3n) is 6.30. The lowest BCUT2D eigenvalue weighted by molar-refractivity contribution is -0.113. The van der Waals surface area contributed by atoms with Gasteiger partial charge in [0.1, 0.15) is 11.9 Å². The number of aromatic nitrogens is 5. The number of rotatable bonds is 7. The van der Waals surface area contributed by atoms with Crippen molar-refractivity contribution < 1.29 is 9.53 Å². The van der Waals surface area contributed by atoms with E-state index < -0.39 is 0 Å². The van der Waals surface area contributed by atoms with Gasteiger partial charge in [-0.2, -0.15) is 5.26 Å². The van der Waals surface area contributed by atoms with E-state index in [1.54, 1.807) is 4.68 Å². The minimum absolute atomic E-state index is 0.125. The summed E-state index contributed by atoms with van der Waals surface area (Å²) >= 11 is 1.30. The molecule has 0 radical (unpaired) electrons. The lowest BCUT2D eigenvalue weighted by atomic mass is 9.95. The first-order valence-corrected chi connectivity index (χ1v) is 12.0. The van der Waals surface area contributed by atoms with E-state index in [9.17, 15) is 10.1 Å². The van der Waals surface area contributed by atoms with Crippen LogP contribution in [0, 0.1) is 25.2 Å². The molecule has 1 aliphatic carbocycles. The number of amides is 1. The molecule has 166 valence electrons. The van der Waals surface area contributed by atoms with Crippen molar-refractivity contribution >= 4 is 23.5 Å². The number of carbonyl (C=O) groups is 1. The Balaban J connectivity index is 1.45. The molecule has 10 heteroatoms. The third kappa shape index (κ3) is 4.77. The fourth-order valence-electron chi connectivity index (χ4n) is 4.58. The molecule has 0 aromatic carbocycles. The van der Waals surface area contributed by atoms with Gasteiger partial charge in [-0.05, 0) is 55.5 Å². The molecular formula is C21H29N7O2S. The average molecular weight is 444 g/mol. The molecule has 3 heterocycles. The topological polar surface area (TPSA) is 111 Å². The predicted molar refractivity (Wildman–Crippen MR) is 117 cm³/mol. The summed E-state index contributed by atoms with van der Waals surface area (Å²) in [6.45, 7) is 5.36. The van der Waals surface area contributed by atoms with Crippen LogP contribution in [0.25, 0.3) is 0 Å². The highest BCUT2D eigenvalue weighted by Crippen LogP contribution is 2.36. The van der Waals surface area contributed by atoms with Crippen molar-refractivity contribution in [3.05, 3.63) is 16.8 Å². The van der Waals surface area contributed by atoms with Gasteiger partial charge in [0.05, 0.1) is 24.0 Å². The zero-order chi connectivity index (χ0) is 21.8. The second-order valence-electron chi connectivity index (χ2n) is 8.32. The molecule has 0 bridgehead atoms. The van der Waals surface area contributed by atoms with Crippen molar-refractivity contribution in [1.82, 2.24) is 24.8 Å². The summed E-state index contributed by atoms with van der Waals surface area (Å²) in [4.78, 5) is 12.8. The molecule has 31 heavy (non-hydrogen) atoms. The summed E-state index contributed by atoms with van der Waals surface area (Å²) in [6, 6.07) is 2.63. The molecule has 4 rings (SSSR count). The van der Waals surface area contributed by atoms with Crippen LogP contribution < -0.4 is 5.32 Å². The van der Waals surface area contributed by atoms with Crippen molar-refractivity contribution in [2.75, 3.05) is 17.7 Å². The maximum absolute atomic E-state index is 12.8. The minimum Gasteiger partial charge on any atom is -0.376 e. The molecular weight excluding hydrogens is 414 g/mol. The second kappa shape index (κ2) is 9.83. The molecule has 1 atom stereocenters. The number of hydrogen-bond donors (Lipinski definition) is 1. The fourth-order valence-corrected chi connectivity index (χ4v) is 5.26. The van der Waals surface area contributed by atoms with E-state index in [4.69, 9.17) is 4.74 Å². The van der Waals surface area contributed by atoms with E-state index in [0.29, 0.717) is 29.1 Å². The van der Waals surface area contributed by atoms with E-state index in [1.165, 1.54) is 31.0 Å². The van der Waals surface area contributed by atoms with Crippen LogP contribution in [0.3, 0.4) is 0 Å². The van der Waals surface area contributed by atoms with Crippen molar-refractivity contribution in [3.63, 3.8) is 0 Å². The van der Waals surface area contributed by atoms with Gasteiger partial charge in [-0.15, -0.1) is 5.10 Å². The molecule has 1 saturated heterocycles. The molecule has 0 spiro atoms. The van der Waals surface area contributed by atoms with Crippen LogP contribution in [0.5, 0.6) is 0 Å². The first kappa shape index (κ1) is 21.8. The van der Waals surface area contributed by atoms with Crippen molar-refractivity contribution in [1.29, 1.82) is 5.26 Å². The van der Waals surface area contributed by atoms with E-state index in [2.05, 4.69) is 31.5 Å². The molecule has 1 saturated carbocycles. The Morgan fingerprint density at radius 1 is 1.26 bits per heavy atom. The van der Waals surface area contributed by atoms with E-state index in [1.807, 2.05) is 13.8 Å². The first-order valence-electron chi connectivity index (χ1n) is 11.0. The van der Waals surface area contributed by atoms with E-state index in [-0.39, 0.29) is 17.8 Å². The maximum atomic E-state index is 12.8. The number of nitrogens with zero attached hydrogens (tertiary/aromatic N) is 6. The zero-order valence-electron chi connectivity index (χ0n) is 18.1. The number of ether oxygens (including phenoxy) is 1. The molecule has 2 aliphatic rings. The van der Waals surface area contributed by atoms with Gasteiger partial charge in [0.25, 0.3) is 0 Å². The predicted octanol–water partition coefficient (Wildman–Crippen LogP) is 3.38. The van der Waals surface area contributed by atoms with Gasteiger partial charge in [-0.3, -0.25) is 4.79 Å². The highest BCUT2D eigenvalue weighted by Gasteiger charge is 2.26. The molecule has 2 aromatic rings. The quantitative estimate of drug-likeness (QED) is 0.653. The number of nitrogens with one attached hydrogen (secondary N) is 1. The fraction of sp³-hybridized carbons (Fsp3) is 0.667. The van der Waals surface area contributed by atoms with Crippen LogP contribution in [0.1, 0.15) is 67.8 Å². The van der Waals surface area contributed by atoms with Gasteiger partial charge < -0.3 is 14.6 Å². The highest BCUT2D eigenvalue weighted by molar-refractivity contribution is 7.99. The smallest absolute Gasteiger partial charge is 0.235 e. The zero-order valence-corrected chi connectivity index (χ0v) is 19.0. The average Bonchev–Trinajstić information content (AvgIpc) is 3.50. The Bertz CT molecular complexity index is 965. The molecule has 1 N–H and O–H groups in total. The van der Waals surface area contributed by atoms with Crippen molar-refractivity contribution in [3.8, 4) is 6.07 Å². The van der Waals surface area contributed by atoms with Crippen LogP contribution in [0.4, 0.5) is 5.82 Å². The van der Waals surface area contributed by atoms with E-state index in [0.717, 1.165) is 43.5 Å². The summed E-state index contributed by atoms with van der Waals surface area (Å²) in [6.07, 6.45) is 7.95. The summed E-state index contributed by atoms with van der Waals surface area (Å²) in [5.74, 6) is 0.640. The Labute approximate surface area is 186 Å². The van der Waals surface area contributed by atoms with Gasteiger partial charge in [-0.25, -0.2) is 4.68 Å². The number of hydrogen-bond acceptors (Lipinski definition) is 7. The Morgan fingerprint density at radius 2 is 2.06 bits per heavy atom. The lowest BCUT2D eigenvalue weighted by Crippen LogP contribution is -2.22. The molecule has 9 nitrogen and oxygen atoms in total. The summed E-state index contributed by atoms with van der Waals surface area (Å²) in [5, 5.41) is 25.2. The van der Waals surface area contributed by atoms with Gasteiger partial charge >= 0.3 is 0 Å². The first-order chi connectivity index (χ1) is 15.1. The van der Waals surface area contributed by atoms with Gasteiger partial charge in [0.2, 0.25) is 11.1 Å². The van der Waals surface area contributed by atoms with Crippen LogP contribution in [0.2, 0.25) is 0 Å². The van der Waals surface area contributed by atoms with Crippen LogP contribution >= 0.6 is 11.8 Å². The number of tetrazole rings is 1. The molecule has 2 fully saturated rings. The molecule has 1 amide bonds. The minimum atomic E-state index is -0.164. The largest absolute Gasteiger partial charge is 0.376 e. The normalized spacial score (nSPS) is 19.5. The Morgan fingerprint density at radius 3 is 2.77 bits per heavy atom. The third-order valence-corrected chi connectivity index (χ3v) is 7.26. The number of anilines is 1. The number of carbonyl (C=O) groups excluding carboxylic acids is 1. The number of nitriles is 1. The van der Waals surface area contributed by atoms with Crippen LogP contribution in [-0.4, -0.2) is 49.1 Å². The highest BCUT2D eigenvalue weighted by atomic mass is 32.2. The number of thioether (sulfide) groups is 1. The summed E-state index contributed by atoms with van der Waals surface area (Å²) in [7, 11) is 0. The summed E-state index contributed by atoms with van der Waals surface area (Å²) in [5.41, 5.74) is 2.56. The van der Waals surface area contributed by atoms with Crippen molar-refractivity contribution in [2.45, 2.75) is 82.6 Å². The molecule has 2 aromatic heterocycles. The Hall–Kier alpha value is -2.38. The van der Waals surface area contributed by atoms with Gasteiger partial charge in [0, 0.05) is 18.3 Å². The van der Waals surface area contributed by atoms with Gasteiger partial charge in [0.15, 0.2) is 0 Å². The Kier molecular flexibility index (Phi) is 6.92. The van der Waals surface area contributed by atoms with Crippen molar-refractivity contribution in [2.24, 2.45) is 0 Å². The standard InChI is InChI=1S/C21H29N7O2S/c1-14-15(2)28(16-7-4-3-5-8-16)20(18(14)11-22)23-19(29)13-31-21-24-25-26-27(21)12-17-9-6-10-30-17/h16-17H,3-10,12-13H2,1-2H3,(H,23,29)/t17-/m0/s1. The maximum Gasteiger partial charge on any atom is 0.235 e. The second-order valence-corrected chi connectivity index (χ2v) is 9.27. The van der Waals surface area contributed by atoms with Crippen LogP contribution in [-0.2, 0) is 16.1 Å². The lowest BCUT2D eigenvalue weighted by Gasteiger charge is -2.27. The molecule has 1 aliphatic heterocycles. The SMILES string of the molecule is Cc1c(C#N)c(NC(=O)CSc2nnnn2C[C@@H]2CCCO2)n(C2CCCCC2)c1C. The van der Waals surface area contributed by atoms with Crippen LogP contribution in [0.15, 0.2) is 5.16 Å². The molecule has 0 unspecified atom stereocenters. The van der Waals surface area contributed by atoms with E-state index >= 15 is 0 Å². The monoisotopic (exact) mass is 443 g/mol.